The Kier molecular flexibility index (Phi) is 5.65. The summed E-state index contributed by atoms with van der Waals surface area (Å²) in [6.07, 6.45) is 2.72. The normalized spacial score (nSPS) is 14.8. The van der Waals surface area contributed by atoms with Gasteiger partial charge in [-0.05, 0) is 37.5 Å². The van der Waals surface area contributed by atoms with E-state index in [0.717, 1.165) is 17.7 Å². The number of nitrogens with zero attached hydrogens (tertiary/aromatic N) is 1. The number of carboxylic acids is 1. The van der Waals surface area contributed by atoms with Crippen molar-refractivity contribution < 1.29 is 23.8 Å². The maximum atomic E-state index is 15.2. The van der Waals surface area contributed by atoms with E-state index < -0.39 is 28.5 Å². The van der Waals surface area contributed by atoms with Gasteiger partial charge in [0, 0.05) is 12.7 Å². The van der Waals surface area contributed by atoms with Crippen LogP contribution >= 0.6 is 0 Å². The molecule has 1 aromatic heterocycles. The van der Waals surface area contributed by atoms with Crippen LogP contribution in [0.25, 0.3) is 10.9 Å². The first-order valence-corrected chi connectivity index (χ1v) is 10.3. The molecule has 0 bridgehead atoms. The van der Waals surface area contributed by atoms with Gasteiger partial charge in [-0.15, -0.1) is 0 Å². The number of hydrogen-bond acceptors (Lipinski definition) is 6. The summed E-state index contributed by atoms with van der Waals surface area (Å²) in [6.45, 7) is 2.45. The van der Waals surface area contributed by atoms with E-state index in [9.17, 15) is 14.7 Å². The first-order valence-electron chi connectivity index (χ1n) is 10.3. The number of carbonyl (C=O) groups is 1. The molecule has 0 saturated heterocycles. The summed E-state index contributed by atoms with van der Waals surface area (Å²) in [5, 5.41) is 12.3. The van der Waals surface area contributed by atoms with Crippen LogP contribution in [0.1, 0.15) is 35.3 Å². The van der Waals surface area contributed by atoms with Crippen molar-refractivity contribution in [3.63, 3.8) is 0 Å². The lowest BCUT2D eigenvalue weighted by Crippen LogP contribution is -2.28. The molecule has 0 fully saturated rings. The van der Waals surface area contributed by atoms with E-state index in [4.69, 9.17) is 15.2 Å². The molecule has 2 heterocycles. The molecule has 168 valence electrons. The van der Waals surface area contributed by atoms with Crippen LogP contribution in [0.2, 0.25) is 0 Å². The number of pyridine rings is 1. The van der Waals surface area contributed by atoms with Crippen molar-refractivity contribution in [2.45, 2.75) is 25.8 Å². The number of nitrogens with two attached hydrogens (primary N) is 1. The zero-order valence-corrected chi connectivity index (χ0v) is 17.8. The van der Waals surface area contributed by atoms with Crippen LogP contribution in [0.4, 0.5) is 15.8 Å². The van der Waals surface area contributed by atoms with Crippen LogP contribution in [0.15, 0.2) is 35.3 Å². The van der Waals surface area contributed by atoms with E-state index >= 15 is 4.39 Å². The topological polar surface area (TPSA) is 116 Å². The Morgan fingerprint density at radius 2 is 2.22 bits per heavy atom. The van der Waals surface area contributed by atoms with Crippen LogP contribution in [0.3, 0.4) is 0 Å². The van der Waals surface area contributed by atoms with E-state index in [1.54, 1.807) is 11.7 Å². The smallest absolute Gasteiger partial charge is 0.341 e. The van der Waals surface area contributed by atoms with Gasteiger partial charge in [0.2, 0.25) is 5.43 Å². The number of aryl methyl sites for hydroxylation is 1. The SMILES string of the molecule is COc1cccc(CCCNc2c(F)c(N)c3c(=O)c(C(=O)O)cn4c3c2OCC4C)c1. The van der Waals surface area contributed by atoms with E-state index in [-0.39, 0.29) is 29.5 Å². The minimum atomic E-state index is -1.39. The molecule has 0 amide bonds. The number of hydrogen-bond donors (Lipinski definition) is 3. The fraction of sp³-hybridized carbons (Fsp3) is 0.304. The summed E-state index contributed by atoms with van der Waals surface area (Å²) in [5.41, 5.74) is 5.77. The standard InChI is InChI=1S/C23H24FN3O5/c1-12-11-32-22-19(26-8-4-6-13-5-3-7-14(9-13)31-2)17(24)18(25)16-20(22)27(12)10-15(21(16)28)23(29)30/h3,5,7,9-10,12,26H,4,6,8,11,25H2,1-2H3,(H,29,30). The molecule has 32 heavy (non-hydrogen) atoms. The highest BCUT2D eigenvalue weighted by atomic mass is 19.1. The molecule has 1 atom stereocenters. The van der Waals surface area contributed by atoms with Crippen molar-refractivity contribution in [3.05, 3.63) is 57.6 Å². The molecule has 3 aromatic rings. The molecule has 8 nitrogen and oxygen atoms in total. The summed E-state index contributed by atoms with van der Waals surface area (Å²) in [7, 11) is 1.61. The largest absolute Gasteiger partial charge is 0.497 e. The van der Waals surface area contributed by atoms with Crippen molar-refractivity contribution in [1.29, 1.82) is 0 Å². The summed E-state index contributed by atoms with van der Waals surface area (Å²) in [6, 6.07) is 7.46. The molecule has 1 aliphatic heterocycles. The van der Waals surface area contributed by atoms with Crippen LogP contribution < -0.4 is 26.0 Å². The Hall–Kier alpha value is -3.75. The Labute approximate surface area is 183 Å². The van der Waals surface area contributed by atoms with E-state index in [1.165, 1.54) is 6.20 Å². The van der Waals surface area contributed by atoms with Crippen molar-refractivity contribution in [2.75, 3.05) is 31.3 Å². The number of ether oxygens (including phenoxy) is 2. The fourth-order valence-electron chi connectivity index (χ4n) is 3.99. The monoisotopic (exact) mass is 441 g/mol. The minimum absolute atomic E-state index is 0.0729. The quantitative estimate of drug-likeness (QED) is 0.380. The van der Waals surface area contributed by atoms with E-state index in [0.29, 0.717) is 18.5 Å². The Morgan fingerprint density at radius 1 is 1.44 bits per heavy atom. The van der Waals surface area contributed by atoms with Gasteiger partial charge in [-0.3, -0.25) is 4.79 Å². The van der Waals surface area contributed by atoms with Crippen LogP contribution in [-0.2, 0) is 6.42 Å². The zero-order valence-electron chi connectivity index (χ0n) is 17.8. The summed E-state index contributed by atoms with van der Waals surface area (Å²) >= 11 is 0. The first kappa shape index (κ1) is 21.5. The number of aromatic nitrogens is 1. The van der Waals surface area contributed by atoms with Crippen molar-refractivity contribution in [3.8, 4) is 11.5 Å². The summed E-state index contributed by atoms with van der Waals surface area (Å²) < 4.78 is 27.9. The average Bonchev–Trinajstić information content (AvgIpc) is 2.78. The predicted molar refractivity (Wildman–Crippen MR) is 120 cm³/mol. The third kappa shape index (κ3) is 3.59. The van der Waals surface area contributed by atoms with Crippen LogP contribution in [0.5, 0.6) is 11.5 Å². The molecule has 0 saturated carbocycles. The number of rotatable bonds is 7. The molecule has 9 heteroatoms. The summed E-state index contributed by atoms with van der Waals surface area (Å²) in [4.78, 5) is 24.3. The van der Waals surface area contributed by atoms with Crippen molar-refractivity contribution >= 4 is 28.2 Å². The van der Waals surface area contributed by atoms with Crippen LogP contribution in [0, 0.1) is 5.82 Å². The average molecular weight is 441 g/mol. The maximum Gasteiger partial charge on any atom is 0.341 e. The van der Waals surface area contributed by atoms with Gasteiger partial charge in [-0.1, -0.05) is 12.1 Å². The highest BCUT2D eigenvalue weighted by Crippen LogP contribution is 2.43. The zero-order chi connectivity index (χ0) is 23.0. The Balaban J connectivity index is 1.69. The molecule has 4 rings (SSSR count). The number of carboxylic acid groups (broad SMARTS) is 1. The second kappa shape index (κ2) is 8.41. The third-order valence-electron chi connectivity index (χ3n) is 5.65. The van der Waals surface area contributed by atoms with Gasteiger partial charge in [0.1, 0.15) is 23.6 Å². The van der Waals surface area contributed by atoms with Gasteiger partial charge in [0.15, 0.2) is 11.6 Å². The number of anilines is 2. The van der Waals surface area contributed by atoms with Crippen molar-refractivity contribution in [1.82, 2.24) is 4.57 Å². The molecular formula is C23H24FN3O5. The van der Waals surface area contributed by atoms with Gasteiger partial charge in [0.25, 0.3) is 0 Å². The molecule has 2 aromatic carbocycles. The Morgan fingerprint density at radius 3 is 2.94 bits per heavy atom. The fourth-order valence-corrected chi connectivity index (χ4v) is 3.99. The number of nitrogen functional groups attached to an aromatic ring is 1. The summed E-state index contributed by atoms with van der Waals surface area (Å²) in [5.74, 6) is -1.27. The van der Waals surface area contributed by atoms with Crippen LogP contribution in [-0.4, -0.2) is 35.9 Å². The lowest BCUT2D eigenvalue weighted by atomic mass is 10.0. The first-order chi connectivity index (χ1) is 15.3. The molecular weight excluding hydrogens is 417 g/mol. The highest BCUT2D eigenvalue weighted by molar-refractivity contribution is 6.03. The van der Waals surface area contributed by atoms with Gasteiger partial charge in [0.05, 0.1) is 29.7 Å². The number of nitrogens with one attached hydrogen (secondary N) is 1. The molecule has 0 radical (unpaired) electrons. The minimum Gasteiger partial charge on any atom is -0.497 e. The van der Waals surface area contributed by atoms with E-state index in [1.807, 2.05) is 31.2 Å². The lowest BCUT2D eigenvalue weighted by molar-refractivity contribution is 0.0694. The lowest BCUT2D eigenvalue weighted by Gasteiger charge is -2.29. The third-order valence-corrected chi connectivity index (χ3v) is 5.65. The molecule has 0 spiro atoms. The van der Waals surface area contributed by atoms with Gasteiger partial charge < -0.3 is 30.2 Å². The molecule has 4 N–H and O–H groups in total. The van der Waals surface area contributed by atoms with Gasteiger partial charge in [-0.2, -0.15) is 0 Å². The number of methoxy groups -OCH3 is 1. The number of benzene rings is 2. The molecule has 0 aliphatic carbocycles. The van der Waals surface area contributed by atoms with Gasteiger partial charge in [-0.25, -0.2) is 9.18 Å². The maximum absolute atomic E-state index is 15.2. The second-order valence-electron chi connectivity index (χ2n) is 7.78. The molecule has 1 aliphatic rings. The van der Waals surface area contributed by atoms with Gasteiger partial charge >= 0.3 is 5.97 Å². The number of aromatic carboxylic acids is 1. The van der Waals surface area contributed by atoms with E-state index in [2.05, 4.69) is 5.32 Å². The second-order valence-corrected chi connectivity index (χ2v) is 7.78. The molecule has 1 unspecified atom stereocenters. The highest BCUT2D eigenvalue weighted by Gasteiger charge is 2.30. The van der Waals surface area contributed by atoms with Crippen molar-refractivity contribution in [2.24, 2.45) is 0 Å². The predicted octanol–water partition coefficient (Wildman–Crippen LogP) is 3.43. The Bertz CT molecular complexity index is 1270. The number of halogens is 1.